The molecular formula is C27H29N5O2. The van der Waals surface area contributed by atoms with Gasteiger partial charge in [0.05, 0.1) is 18.6 Å². The molecule has 0 spiro atoms. The van der Waals surface area contributed by atoms with Crippen molar-refractivity contribution in [2.45, 2.75) is 31.3 Å². The van der Waals surface area contributed by atoms with E-state index in [1.54, 1.807) is 6.33 Å². The van der Waals surface area contributed by atoms with E-state index in [4.69, 9.17) is 15.2 Å². The van der Waals surface area contributed by atoms with Crippen molar-refractivity contribution in [1.29, 1.82) is 0 Å². The zero-order valence-electron chi connectivity index (χ0n) is 19.1. The van der Waals surface area contributed by atoms with Gasteiger partial charge in [-0.25, -0.2) is 9.97 Å². The Morgan fingerprint density at radius 3 is 2.41 bits per heavy atom. The smallest absolute Gasteiger partial charge is 0.146 e. The first-order valence-electron chi connectivity index (χ1n) is 12.0. The highest BCUT2D eigenvalue weighted by molar-refractivity contribution is 6.00. The Kier molecular flexibility index (Phi) is 5.65. The monoisotopic (exact) mass is 455 g/mol. The SMILES string of the molecule is Nc1ncnc2c1c(-c1ccc(Oc3ccccc3)cc1)cn2[C@@H]1CC[C@H](N2CCOCC2)C1. The Hall–Kier alpha value is -3.42. The fraction of sp³-hybridized carbons (Fsp3) is 0.333. The average molecular weight is 456 g/mol. The third-order valence-electron chi connectivity index (χ3n) is 7.12. The van der Waals surface area contributed by atoms with Crippen LogP contribution in [0.5, 0.6) is 11.5 Å². The number of benzene rings is 2. The lowest BCUT2D eigenvalue weighted by molar-refractivity contribution is 0.0173. The maximum Gasteiger partial charge on any atom is 0.146 e. The van der Waals surface area contributed by atoms with E-state index in [-0.39, 0.29) is 0 Å². The van der Waals surface area contributed by atoms with E-state index >= 15 is 0 Å². The van der Waals surface area contributed by atoms with E-state index in [0.29, 0.717) is 17.9 Å². The summed E-state index contributed by atoms with van der Waals surface area (Å²) in [5.41, 5.74) is 9.43. The van der Waals surface area contributed by atoms with E-state index in [2.05, 4.69) is 37.8 Å². The van der Waals surface area contributed by atoms with Crippen molar-refractivity contribution in [3.05, 3.63) is 67.1 Å². The van der Waals surface area contributed by atoms with E-state index < -0.39 is 0 Å². The Bertz CT molecular complexity index is 1270. The van der Waals surface area contributed by atoms with Crippen LogP contribution in [0.15, 0.2) is 67.1 Å². The Morgan fingerprint density at radius 1 is 0.882 bits per heavy atom. The molecule has 174 valence electrons. The standard InChI is InChI=1S/C27H29N5O2/c28-26-25-24(19-6-10-23(11-7-19)34-22-4-2-1-3-5-22)17-32(27(25)30-18-29-26)21-9-8-20(16-21)31-12-14-33-15-13-31/h1-7,10-11,17-18,20-21H,8-9,12-16H2,(H2,28,29,30)/t20-,21+/m0/s1. The molecule has 7 heteroatoms. The van der Waals surface area contributed by atoms with Crippen LogP contribution in [-0.4, -0.2) is 51.8 Å². The van der Waals surface area contributed by atoms with Gasteiger partial charge in [0.1, 0.15) is 29.3 Å². The first-order chi connectivity index (χ1) is 16.8. The van der Waals surface area contributed by atoms with Crippen LogP contribution in [0, 0.1) is 0 Å². The minimum atomic E-state index is 0.402. The average Bonchev–Trinajstić information content (AvgIpc) is 3.52. The van der Waals surface area contributed by atoms with Crippen molar-refractivity contribution in [2.24, 2.45) is 0 Å². The van der Waals surface area contributed by atoms with Crippen molar-refractivity contribution in [2.75, 3.05) is 32.0 Å². The van der Waals surface area contributed by atoms with Crippen LogP contribution in [0.3, 0.4) is 0 Å². The fourth-order valence-electron chi connectivity index (χ4n) is 5.39. The number of nitrogens with zero attached hydrogens (tertiary/aromatic N) is 4. The molecule has 2 atom stereocenters. The van der Waals surface area contributed by atoms with Crippen LogP contribution in [-0.2, 0) is 4.74 Å². The molecule has 3 heterocycles. The quantitative estimate of drug-likeness (QED) is 0.461. The number of ether oxygens (including phenoxy) is 2. The molecule has 2 aromatic heterocycles. The summed E-state index contributed by atoms with van der Waals surface area (Å²) in [6.07, 6.45) is 7.25. The Labute approximate surface area is 199 Å². The summed E-state index contributed by atoms with van der Waals surface area (Å²) in [6.45, 7) is 3.74. The lowest BCUT2D eigenvalue weighted by Gasteiger charge is -2.32. The second-order valence-corrected chi connectivity index (χ2v) is 9.12. The van der Waals surface area contributed by atoms with Crippen molar-refractivity contribution in [3.8, 4) is 22.6 Å². The molecule has 2 aliphatic rings. The fourth-order valence-corrected chi connectivity index (χ4v) is 5.39. The molecule has 4 aromatic rings. The first-order valence-corrected chi connectivity index (χ1v) is 12.0. The molecule has 7 nitrogen and oxygen atoms in total. The van der Waals surface area contributed by atoms with Crippen molar-refractivity contribution in [1.82, 2.24) is 19.4 Å². The highest BCUT2D eigenvalue weighted by Gasteiger charge is 2.32. The molecule has 2 N–H and O–H groups in total. The Balaban J connectivity index is 1.30. The summed E-state index contributed by atoms with van der Waals surface area (Å²) in [6, 6.07) is 19.0. The summed E-state index contributed by atoms with van der Waals surface area (Å²) in [5.74, 6) is 2.14. The minimum absolute atomic E-state index is 0.402. The van der Waals surface area contributed by atoms with Crippen LogP contribution in [0.2, 0.25) is 0 Å². The lowest BCUT2D eigenvalue weighted by Crippen LogP contribution is -2.42. The number of nitrogens with two attached hydrogens (primary N) is 1. The predicted octanol–water partition coefficient (Wildman–Crippen LogP) is 4.90. The number of aromatic nitrogens is 3. The molecule has 0 radical (unpaired) electrons. The summed E-state index contributed by atoms with van der Waals surface area (Å²) < 4.78 is 13.8. The van der Waals surface area contributed by atoms with Gasteiger partial charge in [0.15, 0.2) is 0 Å². The number of para-hydroxylation sites is 1. The van der Waals surface area contributed by atoms with Crippen LogP contribution >= 0.6 is 0 Å². The van der Waals surface area contributed by atoms with Crippen molar-refractivity contribution >= 4 is 16.9 Å². The normalized spacial score (nSPS) is 21.2. The van der Waals surface area contributed by atoms with Crippen molar-refractivity contribution < 1.29 is 9.47 Å². The number of hydrogen-bond acceptors (Lipinski definition) is 6. The second-order valence-electron chi connectivity index (χ2n) is 9.12. The molecule has 34 heavy (non-hydrogen) atoms. The number of rotatable bonds is 5. The third kappa shape index (κ3) is 4.02. The summed E-state index contributed by atoms with van der Waals surface area (Å²) in [7, 11) is 0. The maximum absolute atomic E-state index is 6.37. The highest BCUT2D eigenvalue weighted by Crippen LogP contribution is 2.40. The predicted molar refractivity (Wildman–Crippen MR) is 133 cm³/mol. The van der Waals surface area contributed by atoms with Gasteiger partial charge in [0.2, 0.25) is 0 Å². The van der Waals surface area contributed by atoms with Gasteiger partial charge in [0, 0.05) is 36.9 Å². The molecule has 6 rings (SSSR count). The van der Waals surface area contributed by atoms with E-state index in [0.717, 1.165) is 72.8 Å². The molecule has 2 fully saturated rings. The second kappa shape index (κ2) is 9.08. The molecule has 1 saturated heterocycles. The number of morpholine rings is 1. The van der Waals surface area contributed by atoms with Gasteiger partial charge in [-0.3, -0.25) is 4.90 Å². The summed E-state index contributed by atoms with van der Waals surface area (Å²) in [4.78, 5) is 11.5. The van der Waals surface area contributed by atoms with Crippen LogP contribution in [0.4, 0.5) is 5.82 Å². The molecule has 0 unspecified atom stereocenters. The minimum Gasteiger partial charge on any atom is -0.457 e. The molecule has 0 amide bonds. The number of anilines is 1. The van der Waals surface area contributed by atoms with Crippen LogP contribution in [0.25, 0.3) is 22.2 Å². The molecule has 1 saturated carbocycles. The topological polar surface area (TPSA) is 78.4 Å². The molecular weight excluding hydrogens is 426 g/mol. The Morgan fingerprint density at radius 2 is 1.62 bits per heavy atom. The highest BCUT2D eigenvalue weighted by atomic mass is 16.5. The zero-order valence-corrected chi connectivity index (χ0v) is 19.1. The lowest BCUT2D eigenvalue weighted by atomic mass is 10.1. The summed E-state index contributed by atoms with van der Waals surface area (Å²) in [5, 5.41) is 0.925. The number of nitrogen functional groups attached to an aromatic ring is 1. The van der Waals surface area contributed by atoms with Crippen LogP contribution < -0.4 is 10.5 Å². The van der Waals surface area contributed by atoms with Crippen LogP contribution in [0.1, 0.15) is 25.3 Å². The maximum atomic E-state index is 6.37. The first kappa shape index (κ1) is 21.1. The number of hydrogen-bond donors (Lipinski definition) is 1. The van der Waals surface area contributed by atoms with E-state index in [1.807, 2.05) is 42.5 Å². The third-order valence-corrected chi connectivity index (χ3v) is 7.12. The molecule has 0 bridgehead atoms. The van der Waals surface area contributed by atoms with Gasteiger partial charge in [0.25, 0.3) is 0 Å². The molecule has 2 aromatic carbocycles. The number of fused-ring (bicyclic) bond motifs is 1. The van der Waals surface area contributed by atoms with Gasteiger partial charge >= 0.3 is 0 Å². The molecule has 1 aliphatic carbocycles. The van der Waals surface area contributed by atoms with Gasteiger partial charge in [-0.1, -0.05) is 30.3 Å². The van der Waals surface area contributed by atoms with Gasteiger partial charge in [-0.2, -0.15) is 0 Å². The van der Waals surface area contributed by atoms with Gasteiger partial charge in [-0.15, -0.1) is 0 Å². The largest absolute Gasteiger partial charge is 0.457 e. The van der Waals surface area contributed by atoms with E-state index in [1.165, 1.54) is 6.42 Å². The van der Waals surface area contributed by atoms with Gasteiger partial charge < -0.3 is 19.8 Å². The summed E-state index contributed by atoms with van der Waals surface area (Å²) >= 11 is 0. The van der Waals surface area contributed by atoms with Gasteiger partial charge in [-0.05, 0) is 49.1 Å². The van der Waals surface area contributed by atoms with Crippen molar-refractivity contribution in [3.63, 3.8) is 0 Å². The van der Waals surface area contributed by atoms with E-state index in [9.17, 15) is 0 Å². The zero-order chi connectivity index (χ0) is 22.9. The molecule has 1 aliphatic heterocycles.